The van der Waals surface area contributed by atoms with Gasteiger partial charge in [0.15, 0.2) is 11.5 Å². The van der Waals surface area contributed by atoms with Crippen LogP contribution in [0, 0.1) is 6.92 Å². The molecule has 0 saturated heterocycles. The van der Waals surface area contributed by atoms with Crippen molar-refractivity contribution in [1.29, 1.82) is 0 Å². The zero-order chi connectivity index (χ0) is 14.2. The van der Waals surface area contributed by atoms with Gasteiger partial charge in [-0.3, -0.25) is 9.59 Å². The highest BCUT2D eigenvalue weighted by Gasteiger charge is 2.20. The number of carbonyl (C=O) groups is 2. The normalized spacial score (nSPS) is 11.3. The lowest BCUT2D eigenvalue weighted by atomic mass is 10.0. The number of Topliss-reactive ketones (excluding diaryl/α,β-unsaturated/α-hetero) is 1. The van der Waals surface area contributed by atoms with Crippen LogP contribution < -0.4 is 0 Å². The minimum absolute atomic E-state index is 0.0960. The highest BCUT2D eigenvalue weighted by molar-refractivity contribution is 6.09. The minimum atomic E-state index is -0.404. The Bertz CT molecular complexity index is 704. The van der Waals surface area contributed by atoms with E-state index in [-0.39, 0.29) is 17.3 Å². The molecular weight excluding hydrogens is 244 g/mol. The molecule has 0 atom stereocenters. The predicted octanol–water partition coefficient (Wildman–Crippen LogP) is 3.41. The Morgan fingerprint density at radius 2 is 2.00 bits per heavy atom. The maximum absolute atomic E-state index is 11.7. The topological polar surface area (TPSA) is 67.5 Å². The largest absolute Gasteiger partial charge is 0.504 e. The molecule has 0 unspecified atom stereocenters. The first-order valence-electron chi connectivity index (χ1n) is 5.89. The van der Waals surface area contributed by atoms with E-state index in [4.69, 9.17) is 4.42 Å². The van der Waals surface area contributed by atoms with Crippen molar-refractivity contribution in [2.45, 2.75) is 20.8 Å². The van der Waals surface area contributed by atoms with Crippen molar-refractivity contribution in [2.75, 3.05) is 0 Å². The van der Waals surface area contributed by atoms with Crippen LogP contribution >= 0.6 is 0 Å². The van der Waals surface area contributed by atoms with Gasteiger partial charge in [0.25, 0.3) is 0 Å². The molecule has 2 aromatic rings. The molecule has 0 radical (unpaired) electrons. The maximum Gasteiger partial charge on any atom is 0.224 e. The summed E-state index contributed by atoms with van der Waals surface area (Å²) >= 11 is 0. The number of rotatable bonds is 3. The molecule has 0 aliphatic rings. The summed E-state index contributed by atoms with van der Waals surface area (Å²) in [6.07, 6.45) is 2.89. The van der Waals surface area contributed by atoms with E-state index >= 15 is 0 Å². The van der Waals surface area contributed by atoms with Gasteiger partial charge in [-0.15, -0.1) is 0 Å². The highest BCUT2D eigenvalue weighted by atomic mass is 16.4. The van der Waals surface area contributed by atoms with Crippen molar-refractivity contribution < 1.29 is 19.1 Å². The second-order valence-electron chi connectivity index (χ2n) is 4.36. The smallest absolute Gasteiger partial charge is 0.224 e. The van der Waals surface area contributed by atoms with Gasteiger partial charge in [-0.2, -0.15) is 0 Å². The molecule has 0 saturated carbocycles. The average Bonchev–Trinajstić information content (AvgIpc) is 2.65. The van der Waals surface area contributed by atoms with Gasteiger partial charge in [-0.05, 0) is 44.5 Å². The van der Waals surface area contributed by atoms with E-state index in [1.807, 2.05) is 0 Å². The number of aryl methyl sites for hydroxylation is 1. The van der Waals surface area contributed by atoms with Crippen LogP contribution in [0.5, 0.6) is 5.75 Å². The van der Waals surface area contributed by atoms with Crippen molar-refractivity contribution in [3.63, 3.8) is 0 Å². The van der Waals surface area contributed by atoms with Crippen LogP contribution in [0.25, 0.3) is 11.0 Å². The van der Waals surface area contributed by atoms with E-state index in [9.17, 15) is 14.7 Å². The third kappa shape index (κ3) is 2.17. The lowest BCUT2D eigenvalue weighted by molar-refractivity contribution is 0.101. The lowest BCUT2D eigenvalue weighted by Gasteiger charge is -2.00. The number of allylic oxidation sites excluding steroid dienone is 2. The van der Waals surface area contributed by atoms with Gasteiger partial charge >= 0.3 is 0 Å². The van der Waals surface area contributed by atoms with Gasteiger partial charge in [0.2, 0.25) is 11.5 Å². The van der Waals surface area contributed by atoms with Crippen molar-refractivity contribution in [3.8, 4) is 5.75 Å². The molecule has 4 nitrogen and oxygen atoms in total. The number of hydrogen-bond acceptors (Lipinski definition) is 4. The second kappa shape index (κ2) is 4.72. The fourth-order valence-corrected chi connectivity index (χ4v) is 2.00. The summed E-state index contributed by atoms with van der Waals surface area (Å²) in [7, 11) is 0. The average molecular weight is 258 g/mol. The fourth-order valence-electron chi connectivity index (χ4n) is 2.00. The maximum atomic E-state index is 11.7. The molecule has 0 amide bonds. The van der Waals surface area contributed by atoms with Gasteiger partial charge in [-0.1, -0.05) is 6.08 Å². The first-order valence-corrected chi connectivity index (χ1v) is 5.89. The summed E-state index contributed by atoms with van der Waals surface area (Å²) in [5.74, 6) is -0.826. The summed E-state index contributed by atoms with van der Waals surface area (Å²) < 4.78 is 5.37. The minimum Gasteiger partial charge on any atom is -0.504 e. The molecule has 1 aromatic carbocycles. The monoisotopic (exact) mass is 258 g/mol. The first-order chi connectivity index (χ1) is 8.95. The third-order valence-corrected chi connectivity index (χ3v) is 2.93. The predicted molar refractivity (Wildman–Crippen MR) is 71.8 cm³/mol. The van der Waals surface area contributed by atoms with Crippen LogP contribution in [-0.2, 0) is 0 Å². The highest BCUT2D eigenvalue weighted by Crippen LogP contribution is 2.34. The molecular formula is C15H14O4. The Balaban J connectivity index is 2.71. The Morgan fingerprint density at radius 3 is 2.58 bits per heavy atom. The number of furan rings is 1. The van der Waals surface area contributed by atoms with Crippen molar-refractivity contribution in [1.82, 2.24) is 0 Å². The van der Waals surface area contributed by atoms with E-state index < -0.39 is 5.78 Å². The fraction of sp³-hybridized carbons (Fsp3) is 0.200. The van der Waals surface area contributed by atoms with Crippen LogP contribution in [0.15, 0.2) is 28.7 Å². The van der Waals surface area contributed by atoms with Gasteiger partial charge < -0.3 is 9.52 Å². The summed E-state index contributed by atoms with van der Waals surface area (Å²) in [4.78, 5) is 23.2. The Hall–Kier alpha value is -2.36. The third-order valence-electron chi connectivity index (χ3n) is 2.93. The SMILES string of the molecule is C/C=C/C(=O)c1oc2cc(C)c(C(C)=O)cc2c1O. The van der Waals surface area contributed by atoms with Crippen LogP contribution in [0.2, 0.25) is 0 Å². The molecule has 19 heavy (non-hydrogen) atoms. The molecule has 1 heterocycles. The van der Waals surface area contributed by atoms with E-state index in [1.54, 1.807) is 32.1 Å². The number of hydrogen-bond donors (Lipinski definition) is 1. The molecule has 2 rings (SSSR count). The van der Waals surface area contributed by atoms with Crippen LogP contribution in [0.4, 0.5) is 0 Å². The zero-order valence-electron chi connectivity index (χ0n) is 11.0. The standard InChI is InChI=1S/C15H14O4/c1-4-5-12(17)15-14(18)11-7-10(9(3)16)8(2)6-13(11)19-15/h4-7,18H,1-3H3/b5-4+. The summed E-state index contributed by atoms with van der Waals surface area (Å²) in [5.41, 5.74) is 1.65. The molecule has 1 aromatic heterocycles. The lowest BCUT2D eigenvalue weighted by Crippen LogP contribution is -1.95. The van der Waals surface area contributed by atoms with E-state index in [2.05, 4.69) is 0 Å². The molecule has 0 bridgehead atoms. The quantitative estimate of drug-likeness (QED) is 0.676. The number of carbonyl (C=O) groups excluding carboxylic acids is 2. The summed E-state index contributed by atoms with van der Waals surface area (Å²) in [5, 5.41) is 10.4. The van der Waals surface area contributed by atoms with Crippen molar-refractivity contribution in [2.24, 2.45) is 0 Å². The number of fused-ring (bicyclic) bond motifs is 1. The van der Waals surface area contributed by atoms with Crippen LogP contribution in [0.3, 0.4) is 0 Å². The Kier molecular flexibility index (Phi) is 3.25. The zero-order valence-corrected chi connectivity index (χ0v) is 11.0. The van der Waals surface area contributed by atoms with Gasteiger partial charge in [0, 0.05) is 5.56 Å². The van der Waals surface area contributed by atoms with Gasteiger partial charge in [0.1, 0.15) is 5.58 Å². The van der Waals surface area contributed by atoms with Crippen LogP contribution in [-0.4, -0.2) is 16.7 Å². The Morgan fingerprint density at radius 1 is 1.32 bits per heavy atom. The van der Waals surface area contributed by atoms with Crippen molar-refractivity contribution in [3.05, 3.63) is 41.2 Å². The van der Waals surface area contributed by atoms with Gasteiger partial charge in [-0.25, -0.2) is 0 Å². The van der Waals surface area contributed by atoms with E-state index in [0.29, 0.717) is 16.5 Å². The second-order valence-corrected chi connectivity index (χ2v) is 4.36. The van der Waals surface area contributed by atoms with E-state index in [0.717, 1.165) is 5.56 Å². The molecule has 0 spiro atoms. The molecule has 0 aliphatic heterocycles. The number of ketones is 2. The molecule has 1 N–H and O–H groups in total. The summed E-state index contributed by atoms with van der Waals surface area (Å²) in [6.45, 7) is 4.94. The van der Waals surface area contributed by atoms with Gasteiger partial charge in [0.05, 0.1) is 5.39 Å². The van der Waals surface area contributed by atoms with Crippen molar-refractivity contribution >= 4 is 22.5 Å². The Labute approximate surface area is 110 Å². The molecule has 0 aliphatic carbocycles. The summed E-state index contributed by atoms with van der Waals surface area (Å²) in [6, 6.07) is 3.20. The van der Waals surface area contributed by atoms with Crippen LogP contribution in [0.1, 0.15) is 40.3 Å². The number of benzene rings is 1. The number of aromatic hydroxyl groups is 1. The molecule has 4 heteroatoms. The molecule has 98 valence electrons. The van der Waals surface area contributed by atoms with E-state index in [1.165, 1.54) is 13.0 Å². The first kappa shape index (κ1) is 13.1. The molecule has 0 fully saturated rings.